The standard InChI is InChI=1S/C63H98O12/c1-4-7-10-13-16-19-22-25-27-28-30-32-34-37-40-43-46-49-55(64)71-52-54(73-56(65)50-47-44-41-38-35-31-24-21-18-15-12-9-6-3)53-72-63-61(59(68)58(67)60(75-63)62(69)70)74-57(66)51-48-45-42-39-36-33-29-26-23-20-17-14-11-8-5-2/h7,9-10,12,16-21,25-27,29-32,35,37,40,54,58-61,63,67-68H,4-6,8,11,13-15,22-24,28,33-34,36,38-39,41-53H2,1-3H3,(H,69,70)/b10-7-,12-9-,19-16-,20-17-,21-18-,27-25-,29-26-,32-30-,35-31-,40-37-. The van der Waals surface area contributed by atoms with E-state index in [2.05, 4.69) is 136 Å². The molecule has 1 aliphatic heterocycles. The number of aliphatic hydroxyl groups excluding tert-OH is 2. The lowest BCUT2D eigenvalue weighted by molar-refractivity contribution is -0.301. The quantitative estimate of drug-likeness (QED) is 0.0228. The van der Waals surface area contributed by atoms with E-state index >= 15 is 0 Å². The van der Waals surface area contributed by atoms with Crippen molar-refractivity contribution in [3.63, 3.8) is 0 Å². The van der Waals surface area contributed by atoms with Gasteiger partial charge in [0.15, 0.2) is 24.6 Å². The molecule has 1 aliphatic rings. The molecular weight excluding hydrogens is 949 g/mol. The van der Waals surface area contributed by atoms with Gasteiger partial charge in [-0.15, -0.1) is 0 Å². The number of unbranched alkanes of at least 4 members (excludes halogenated alkanes) is 12. The molecule has 6 atom stereocenters. The van der Waals surface area contributed by atoms with Crippen molar-refractivity contribution in [2.45, 2.75) is 237 Å². The zero-order chi connectivity index (χ0) is 54.7. The fourth-order valence-electron chi connectivity index (χ4n) is 7.68. The van der Waals surface area contributed by atoms with Crippen molar-refractivity contribution < 1.29 is 58.2 Å². The lowest BCUT2D eigenvalue weighted by atomic mass is 9.98. The van der Waals surface area contributed by atoms with Crippen LogP contribution in [0.4, 0.5) is 0 Å². The minimum absolute atomic E-state index is 0.0288. The van der Waals surface area contributed by atoms with E-state index < -0.39 is 67.3 Å². The zero-order valence-electron chi connectivity index (χ0n) is 46.2. The molecule has 0 aromatic rings. The smallest absolute Gasteiger partial charge is 0.335 e. The van der Waals surface area contributed by atoms with Gasteiger partial charge >= 0.3 is 23.9 Å². The first kappa shape index (κ1) is 68.1. The van der Waals surface area contributed by atoms with Crippen LogP contribution >= 0.6 is 0 Å². The number of esters is 3. The topological polar surface area (TPSA) is 175 Å². The first-order chi connectivity index (χ1) is 36.6. The zero-order valence-corrected chi connectivity index (χ0v) is 46.2. The lowest BCUT2D eigenvalue weighted by Gasteiger charge is -2.40. The number of rotatable bonds is 46. The van der Waals surface area contributed by atoms with Crippen LogP contribution in [0, 0.1) is 0 Å². The summed E-state index contributed by atoms with van der Waals surface area (Å²) in [6.07, 6.45) is 56.1. The van der Waals surface area contributed by atoms with Gasteiger partial charge in [0, 0.05) is 19.3 Å². The van der Waals surface area contributed by atoms with Gasteiger partial charge in [-0.25, -0.2) is 4.79 Å². The molecular formula is C63H98O12. The fourth-order valence-corrected chi connectivity index (χ4v) is 7.68. The number of aliphatic hydroxyl groups is 2. The summed E-state index contributed by atoms with van der Waals surface area (Å²) in [7, 11) is 0. The van der Waals surface area contributed by atoms with Crippen LogP contribution in [0.3, 0.4) is 0 Å². The van der Waals surface area contributed by atoms with E-state index in [4.69, 9.17) is 23.7 Å². The van der Waals surface area contributed by atoms with Crippen LogP contribution in [0.25, 0.3) is 0 Å². The van der Waals surface area contributed by atoms with Crippen LogP contribution in [0.2, 0.25) is 0 Å². The fraction of sp³-hybridized carbons (Fsp3) is 0.619. The molecule has 0 aliphatic carbocycles. The van der Waals surface area contributed by atoms with Crippen LogP contribution in [0.1, 0.15) is 201 Å². The molecule has 0 radical (unpaired) electrons. The van der Waals surface area contributed by atoms with Gasteiger partial charge in [-0.3, -0.25) is 14.4 Å². The maximum atomic E-state index is 13.1. The third-order valence-corrected chi connectivity index (χ3v) is 12.0. The van der Waals surface area contributed by atoms with Crippen LogP contribution < -0.4 is 0 Å². The molecule has 0 saturated carbocycles. The second-order valence-electron chi connectivity index (χ2n) is 18.8. The highest BCUT2D eigenvalue weighted by atomic mass is 16.7. The van der Waals surface area contributed by atoms with Gasteiger partial charge < -0.3 is 39.0 Å². The van der Waals surface area contributed by atoms with Crippen molar-refractivity contribution >= 4 is 23.9 Å². The van der Waals surface area contributed by atoms with E-state index in [-0.39, 0.29) is 25.9 Å². The van der Waals surface area contributed by atoms with Crippen LogP contribution in [-0.2, 0) is 42.9 Å². The van der Waals surface area contributed by atoms with Gasteiger partial charge in [0.05, 0.1) is 6.61 Å². The Hall–Kier alpha value is -4.88. The number of carbonyl (C=O) groups is 4. The Labute approximate surface area is 452 Å². The van der Waals surface area contributed by atoms with E-state index in [1.54, 1.807) is 0 Å². The Kier molecular flexibility index (Phi) is 45.4. The summed E-state index contributed by atoms with van der Waals surface area (Å²) in [6.45, 7) is 5.63. The minimum atomic E-state index is -1.93. The summed E-state index contributed by atoms with van der Waals surface area (Å²) in [5.74, 6) is -3.28. The molecule has 0 aromatic heterocycles. The van der Waals surface area contributed by atoms with E-state index in [0.29, 0.717) is 25.7 Å². The lowest BCUT2D eigenvalue weighted by Crippen LogP contribution is -2.61. The predicted octanol–water partition coefficient (Wildman–Crippen LogP) is 14.4. The molecule has 1 saturated heterocycles. The summed E-state index contributed by atoms with van der Waals surface area (Å²) in [5, 5.41) is 31.4. The Balaban J connectivity index is 2.77. The van der Waals surface area contributed by atoms with Crippen molar-refractivity contribution in [3.8, 4) is 0 Å². The Morgan fingerprint density at radius 2 is 0.853 bits per heavy atom. The van der Waals surface area contributed by atoms with Crippen molar-refractivity contribution in [3.05, 3.63) is 122 Å². The third kappa shape index (κ3) is 40.1. The molecule has 3 N–H and O–H groups in total. The number of carboxylic acid groups (broad SMARTS) is 1. The predicted molar refractivity (Wildman–Crippen MR) is 303 cm³/mol. The average molecular weight is 1050 g/mol. The molecule has 12 heteroatoms. The Morgan fingerprint density at radius 1 is 0.453 bits per heavy atom. The van der Waals surface area contributed by atoms with Crippen molar-refractivity contribution in [1.29, 1.82) is 0 Å². The molecule has 1 rings (SSSR count). The van der Waals surface area contributed by atoms with Crippen LogP contribution in [-0.4, -0.2) is 89.2 Å². The second-order valence-corrected chi connectivity index (χ2v) is 18.8. The monoisotopic (exact) mass is 1050 g/mol. The number of aliphatic carboxylic acids is 1. The van der Waals surface area contributed by atoms with Gasteiger partial charge in [-0.1, -0.05) is 181 Å². The molecule has 6 unspecified atom stereocenters. The molecule has 0 spiro atoms. The number of allylic oxidation sites excluding steroid dienone is 20. The maximum absolute atomic E-state index is 13.1. The van der Waals surface area contributed by atoms with Gasteiger partial charge in [0.1, 0.15) is 18.8 Å². The molecule has 422 valence electrons. The second kappa shape index (κ2) is 50.0. The Morgan fingerprint density at radius 3 is 1.33 bits per heavy atom. The van der Waals surface area contributed by atoms with Gasteiger partial charge in [0.25, 0.3) is 0 Å². The highest BCUT2D eigenvalue weighted by Gasteiger charge is 2.50. The Bertz CT molecular complexity index is 1770. The van der Waals surface area contributed by atoms with Gasteiger partial charge in [-0.05, 0) is 122 Å². The largest absolute Gasteiger partial charge is 0.479 e. The maximum Gasteiger partial charge on any atom is 0.335 e. The van der Waals surface area contributed by atoms with Crippen LogP contribution in [0.5, 0.6) is 0 Å². The minimum Gasteiger partial charge on any atom is -0.479 e. The van der Waals surface area contributed by atoms with E-state index in [9.17, 15) is 34.5 Å². The molecule has 12 nitrogen and oxygen atoms in total. The highest BCUT2D eigenvalue weighted by Crippen LogP contribution is 2.26. The first-order valence-corrected chi connectivity index (χ1v) is 28.5. The summed E-state index contributed by atoms with van der Waals surface area (Å²) < 4.78 is 28.3. The van der Waals surface area contributed by atoms with E-state index in [0.717, 1.165) is 116 Å². The molecule has 75 heavy (non-hydrogen) atoms. The molecule has 0 bridgehead atoms. The molecule has 0 aromatic carbocycles. The summed E-state index contributed by atoms with van der Waals surface area (Å²) >= 11 is 0. The first-order valence-electron chi connectivity index (χ1n) is 28.5. The summed E-state index contributed by atoms with van der Waals surface area (Å²) in [6, 6.07) is 0. The van der Waals surface area contributed by atoms with Crippen molar-refractivity contribution in [1.82, 2.24) is 0 Å². The number of carboxylic acids is 1. The van der Waals surface area contributed by atoms with Gasteiger partial charge in [0.2, 0.25) is 0 Å². The summed E-state index contributed by atoms with van der Waals surface area (Å²) in [5.41, 5.74) is 0. The van der Waals surface area contributed by atoms with Crippen molar-refractivity contribution in [2.75, 3.05) is 13.2 Å². The normalized spacial score (nSPS) is 19.1. The van der Waals surface area contributed by atoms with E-state index in [1.165, 1.54) is 19.3 Å². The molecule has 1 heterocycles. The molecule has 1 fully saturated rings. The molecule has 0 amide bonds. The van der Waals surface area contributed by atoms with Gasteiger partial charge in [-0.2, -0.15) is 0 Å². The van der Waals surface area contributed by atoms with Crippen LogP contribution in [0.15, 0.2) is 122 Å². The number of hydrogen-bond donors (Lipinski definition) is 3. The third-order valence-electron chi connectivity index (χ3n) is 12.0. The number of carbonyl (C=O) groups excluding carboxylic acids is 3. The highest BCUT2D eigenvalue weighted by molar-refractivity contribution is 5.74. The van der Waals surface area contributed by atoms with Crippen molar-refractivity contribution in [2.24, 2.45) is 0 Å². The average Bonchev–Trinajstić information content (AvgIpc) is 3.39. The SMILES string of the molecule is CC/C=C\C/C=C\C/C=C\C/C=C\C/C=C\CCCC(=O)OCC(COC1OC(C(=O)O)C(O)C(O)C1OC(=O)CCCCCCC/C=C\C/C=C\CCCCC)OC(=O)CCCCC/C=C\C/C=C\C/C=C\CC. The number of hydrogen-bond acceptors (Lipinski definition) is 11. The number of ether oxygens (including phenoxy) is 5. The van der Waals surface area contributed by atoms with E-state index in [1.807, 2.05) is 6.08 Å². The summed E-state index contributed by atoms with van der Waals surface area (Å²) in [4.78, 5) is 51.0.